The van der Waals surface area contributed by atoms with Crippen LogP contribution in [-0.4, -0.2) is 14.5 Å². The van der Waals surface area contributed by atoms with Crippen molar-refractivity contribution in [3.8, 4) is 28.5 Å². The highest BCUT2D eigenvalue weighted by Crippen LogP contribution is 2.44. The molecule has 0 saturated heterocycles. The highest BCUT2D eigenvalue weighted by atomic mass is 32.1. The zero-order valence-electron chi connectivity index (χ0n) is 30.8. The number of rotatable bonds is 3. The molecule has 0 spiro atoms. The lowest BCUT2D eigenvalue weighted by Gasteiger charge is -2.19. The lowest BCUT2D eigenvalue weighted by molar-refractivity contribution is 0.590. The summed E-state index contributed by atoms with van der Waals surface area (Å²) in [6.07, 6.45) is 0. The molecule has 0 aliphatic carbocycles. The number of hydrogen-bond acceptors (Lipinski definition) is 4. The van der Waals surface area contributed by atoms with Gasteiger partial charge in [-0.3, -0.25) is 4.57 Å². The highest BCUT2D eigenvalue weighted by Gasteiger charge is 2.23. The van der Waals surface area contributed by atoms with Crippen molar-refractivity contribution >= 4 is 75.3 Å². The molecule has 0 bridgehead atoms. The van der Waals surface area contributed by atoms with Crippen LogP contribution in [0.4, 0.5) is 0 Å². The fraction of sp³-hybridized carbons (Fsp3) is 0.167. The summed E-state index contributed by atoms with van der Waals surface area (Å²) in [6, 6.07) is 45.8. The van der Waals surface area contributed by atoms with Gasteiger partial charge in [0.2, 0.25) is 5.95 Å². The summed E-state index contributed by atoms with van der Waals surface area (Å²) in [4.78, 5) is 10.7. The van der Waals surface area contributed by atoms with Crippen LogP contribution in [-0.2, 0) is 10.8 Å². The second-order valence-corrected chi connectivity index (χ2v) is 17.4. The maximum absolute atomic E-state index is 6.48. The van der Waals surface area contributed by atoms with E-state index < -0.39 is 0 Å². The molecule has 0 aliphatic heterocycles. The summed E-state index contributed by atoms with van der Waals surface area (Å²) < 4.78 is 11.3. The van der Waals surface area contributed by atoms with Crippen molar-refractivity contribution in [2.75, 3.05) is 0 Å². The number of hydrogen-bond donors (Lipinski definition) is 0. The minimum absolute atomic E-state index is 0.0118. The third-order valence-electron chi connectivity index (χ3n) is 10.8. The van der Waals surface area contributed by atoms with Crippen molar-refractivity contribution in [1.82, 2.24) is 14.5 Å². The van der Waals surface area contributed by atoms with Gasteiger partial charge in [0.05, 0.1) is 22.4 Å². The van der Waals surface area contributed by atoms with Gasteiger partial charge in [-0.05, 0) is 88.7 Å². The largest absolute Gasteiger partial charge is 0.456 e. The Morgan fingerprint density at radius 3 is 1.79 bits per heavy atom. The molecule has 0 aliphatic rings. The normalized spacial score (nSPS) is 12.7. The van der Waals surface area contributed by atoms with E-state index in [4.69, 9.17) is 14.4 Å². The van der Waals surface area contributed by atoms with E-state index >= 15 is 0 Å². The van der Waals surface area contributed by atoms with Gasteiger partial charge in [0.1, 0.15) is 11.2 Å². The molecular weight excluding hydrogens is 667 g/mol. The first-order valence-electron chi connectivity index (χ1n) is 18.3. The van der Waals surface area contributed by atoms with Crippen molar-refractivity contribution in [2.45, 2.75) is 52.4 Å². The number of thiophene rings is 1. The van der Waals surface area contributed by atoms with Crippen molar-refractivity contribution in [3.63, 3.8) is 0 Å². The minimum Gasteiger partial charge on any atom is -0.456 e. The Morgan fingerprint density at radius 1 is 0.491 bits per heavy atom. The van der Waals surface area contributed by atoms with Gasteiger partial charge in [-0.2, -0.15) is 0 Å². The predicted octanol–water partition coefficient (Wildman–Crippen LogP) is 13.8. The number of furan rings is 1. The Labute approximate surface area is 312 Å². The SMILES string of the molecule is CC(C)(C)c1ccc2c(c1)c1cc(C(C)(C)C)ccc1n2-c1nc(-c2ccccc2)cc(-c2ccc3oc4ccc5sc6ccccc6c5c4c3c2)n1. The fourth-order valence-corrected chi connectivity index (χ4v) is 8.97. The van der Waals surface area contributed by atoms with Crippen molar-refractivity contribution < 1.29 is 4.42 Å². The molecule has 0 radical (unpaired) electrons. The predicted molar refractivity (Wildman–Crippen MR) is 225 cm³/mol. The third-order valence-corrected chi connectivity index (χ3v) is 11.9. The van der Waals surface area contributed by atoms with Gasteiger partial charge in [0, 0.05) is 52.8 Å². The summed E-state index contributed by atoms with van der Waals surface area (Å²) in [5.74, 6) is 0.650. The van der Waals surface area contributed by atoms with Gasteiger partial charge in [0.25, 0.3) is 0 Å². The summed E-state index contributed by atoms with van der Waals surface area (Å²) in [5.41, 5.74) is 10.4. The smallest absolute Gasteiger partial charge is 0.235 e. The van der Waals surface area contributed by atoms with Crippen molar-refractivity contribution in [2.24, 2.45) is 0 Å². The molecular formula is C48H39N3OS. The van der Waals surface area contributed by atoms with Gasteiger partial charge in [0.15, 0.2) is 0 Å². The highest BCUT2D eigenvalue weighted by molar-refractivity contribution is 7.26. The molecule has 10 rings (SSSR count). The zero-order chi connectivity index (χ0) is 36.2. The molecule has 258 valence electrons. The Morgan fingerprint density at radius 2 is 1.11 bits per heavy atom. The van der Waals surface area contributed by atoms with Crippen LogP contribution in [0, 0.1) is 0 Å². The Kier molecular flexibility index (Phi) is 6.84. The van der Waals surface area contributed by atoms with E-state index in [-0.39, 0.29) is 10.8 Å². The van der Waals surface area contributed by atoms with E-state index in [2.05, 4.69) is 167 Å². The number of nitrogens with zero attached hydrogens (tertiary/aromatic N) is 3. The van der Waals surface area contributed by atoms with Crippen LogP contribution in [0.1, 0.15) is 52.7 Å². The first kappa shape index (κ1) is 31.9. The molecule has 4 aromatic heterocycles. The monoisotopic (exact) mass is 705 g/mol. The molecule has 4 nitrogen and oxygen atoms in total. The minimum atomic E-state index is 0.0118. The van der Waals surface area contributed by atoms with Crippen molar-refractivity contribution in [1.29, 1.82) is 0 Å². The summed E-state index contributed by atoms with van der Waals surface area (Å²) in [7, 11) is 0. The maximum Gasteiger partial charge on any atom is 0.235 e. The topological polar surface area (TPSA) is 43.9 Å². The Bertz CT molecular complexity index is 3000. The van der Waals surface area contributed by atoms with Crippen LogP contribution < -0.4 is 0 Å². The molecule has 0 saturated carbocycles. The Hall–Kier alpha value is -5.78. The fourth-order valence-electron chi connectivity index (χ4n) is 7.85. The summed E-state index contributed by atoms with van der Waals surface area (Å²) in [5, 5.41) is 7.19. The molecule has 0 N–H and O–H groups in total. The molecule has 10 aromatic rings. The first-order chi connectivity index (χ1) is 25.5. The van der Waals surface area contributed by atoms with Gasteiger partial charge in [-0.1, -0.05) is 102 Å². The van der Waals surface area contributed by atoms with E-state index in [9.17, 15) is 0 Å². The van der Waals surface area contributed by atoms with E-state index in [1.54, 1.807) is 0 Å². The molecule has 53 heavy (non-hydrogen) atoms. The molecule has 6 aromatic carbocycles. The quantitative estimate of drug-likeness (QED) is 0.184. The molecule has 0 atom stereocenters. The van der Waals surface area contributed by atoms with Crippen LogP contribution in [0.25, 0.3) is 92.4 Å². The maximum atomic E-state index is 6.48. The lowest BCUT2D eigenvalue weighted by Crippen LogP contribution is -2.10. The van der Waals surface area contributed by atoms with Crippen molar-refractivity contribution in [3.05, 3.63) is 139 Å². The van der Waals surface area contributed by atoms with Crippen LogP contribution in [0.5, 0.6) is 0 Å². The van der Waals surface area contributed by atoms with Crippen LogP contribution in [0.2, 0.25) is 0 Å². The average Bonchev–Trinajstić information content (AvgIpc) is 3.82. The van der Waals surface area contributed by atoms with Crippen LogP contribution >= 0.6 is 11.3 Å². The standard InChI is InChI=1S/C48H39N3OS/c1-47(2,3)30-17-19-38-33(25-30)34-26-31(48(4,5)6)18-20-39(34)51(38)46-49-36(28-12-8-7-9-13-28)27-37(50-46)29-16-21-40-35(24-29)44-41(52-40)22-23-43-45(44)32-14-10-11-15-42(32)53-43/h7-27H,1-6H3. The Balaban J connectivity index is 1.25. The average molecular weight is 706 g/mol. The molecule has 0 unspecified atom stereocenters. The summed E-state index contributed by atoms with van der Waals surface area (Å²) in [6.45, 7) is 13.7. The van der Waals surface area contributed by atoms with Crippen LogP contribution in [0.15, 0.2) is 132 Å². The van der Waals surface area contributed by atoms with Gasteiger partial charge >= 0.3 is 0 Å². The van der Waals surface area contributed by atoms with Gasteiger partial charge in [-0.15, -0.1) is 11.3 Å². The second-order valence-electron chi connectivity index (χ2n) is 16.3. The molecule has 0 amide bonds. The zero-order valence-corrected chi connectivity index (χ0v) is 31.6. The van der Waals surface area contributed by atoms with E-state index in [1.807, 2.05) is 17.4 Å². The van der Waals surface area contributed by atoms with E-state index in [0.29, 0.717) is 5.95 Å². The van der Waals surface area contributed by atoms with E-state index in [1.165, 1.54) is 42.1 Å². The molecule has 5 heteroatoms. The second kappa shape index (κ2) is 11.4. The van der Waals surface area contributed by atoms with Gasteiger partial charge in [-0.25, -0.2) is 9.97 Å². The summed E-state index contributed by atoms with van der Waals surface area (Å²) >= 11 is 1.83. The third kappa shape index (κ3) is 5.09. The van der Waals surface area contributed by atoms with Gasteiger partial charge < -0.3 is 4.42 Å². The van der Waals surface area contributed by atoms with Crippen LogP contribution in [0.3, 0.4) is 0 Å². The molecule has 4 heterocycles. The number of fused-ring (bicyclic) bond motifs is 10. The first-order valence-corrected chi connectivity index (χ1v) is 19.1. The van der Waals surface area contributed by atoms with E-state index in [0.717, 1.165) is 55.5 Å². The molecule has 0 fully saturated rings. The lowest BCUT2D eigenvalue weighted by atomic mass is 9.85. The number of aromatic nitrogens is 3. The number of benzene rings is 6.